The van der Waals surface area contributed by atoms with Crippen molar-refractivity contribution in [2.45, 2.75) is 32.7 Å². The maximum absolute atomic E-state index is 5.71. The summed E-state index contributed by atoms with van der Waals surface area (Å²) < 4.78 is 16.5. The molecule has 0 fully saturated rings. The average molecular weight is 281 g/mol. The molecule has 0 saturated heterocycles. The van der Waals surface area contributed by atoms with Crippen LogP contribution in [-0.2, 0) is 4.74 Å². The molecule has 1 N–H and O–H groups in total. The van der Waals surface area contributed by atoms with Crippen molar-refractivity contribution < 1.29 is 14.2 Å². The number of rotatable bonds is 10. The number of hydrogen-bond donors (Lipinski definition) is 1. The second-order valence-electron chi connectivity index (χ2n) is 4.69. The highest BCUT2D eigenvalue weighted by molar-refractivity contribution is 5.42. The molecule has 0 aliphatic carbocycles. The largest absolute Gasteiger partial charge is 0.497 e. The zero-order chi connectivity index (χ0) is 14.8. The van der Waals surface area contributed by atoms with Crippen LogP contribution in [0.5, 0.6) is 11.5 Å². The minimum Gasteiger partial charge on any atom is -0.497 e. The molecule has 4 heteroatoms. The summed E-state index contributed by atoms with van der Waals surface area (Å²) in [5.74, 6) is 1.69. The van der Waals surface area contributed by atoms with Crippen LogP contribution in [0.1, 0.15) is 38.3 Å². The highest BCUT2D eigenvalue weighted by Gasteiger charge is 2.16. The number of nitrogens with one attached hydrogen (secondary N) is 1. The van der Waals surface area contributed by atoms with Crippen LogP contribution in [0.3, 0.4) is 0 Å². The van der Waals surface area contributed by atoms with E-state index >= 15 is 0 Å². The predicted octanol–water partition coefficient (Wildman–Crippen LogP) is 3.17. The molecule has 0 spiro atoms. The second kappa shape index (κ2) is 9.61. The van der Waals surface area contributed by atoms with Crippen LogP contribution in [0.4, 0.5) is 0 Å². The Morgan fingerprint density at radius 2 is 1.90 bits per heavy atom. The van der Waals surface area contributed by atoms with Crippen molar-refractivity contribution in [1.82, 2.24) is 5.32 Å². The Morgan fingerprint density at radius 3 is 2.50 bits per heavy atom. The maximum Gasteiger partial charge on any atom is 0.123 e. The monoisotopic (exact) mass is 281 g/mol. The molecule has 1 aromatic rings. The fourth-order valence-corrected chi connectivity index (χ4v) is 2.03. The first-order valence-corrected chi connectivity index (χ1v) is 7.29. The summed E-state index contributed by atoms with van der Waals surface area (Å²) >= 11 is 0. The van der Waals surface area contributed by atoms with Gasteiger partial charge in [0.1, 0.15) is 11.5 Å². The smallest absolute Gasteiger partial charge is 0.123 e. The van der Waals surface area contributed by atoms with Gasteiger partial charge in [-0.05, 0) is 37.6 Å². The third kappa shape index (κ3) is 5.02. The van der Waals surface area contributed by atoms with Crippen molar-refractivity contribution in [1.29, 1.82) is 0 Å². The van der Waals surface area contributed by atoms with E-state index in [-0.39, 0.29) is 6.04 Å². The van der Waals surface area contributed by atoms with Crippen LogP contribution in [0.25, 0.3) is 0 Å². The van der Waals surface area contributed by atoms with Gasteiger partial charge in [0.05, 0.1) is 26.9 Å². The normalized spacial score (nSPS) is 12.2. The molecule has 0 amide bonds. The van der Waals surface area contributed by atoms with Crippen LogP contribution in [-0.4, -0.2) is 34.0 Å². The zero-order valence-electron chi connectivity index (χ0n) is 13.1. The SMILES string of the molecule is CCCNC(COCCC)c1cc(OC)ccc1OC. The van der Waals surface area contributed by atoms with Gasteiger partial charge < -0.3 is 19.5 Å². The van der Waals surface area contributed by atoms with Crippen LogP contribution in [0, 0.1) is 0 Å². The molecule has 1 atom stereocenters. The molecule has 114 valence electrons. The highest BCUT2D eigenvalue weighted by Crippen LogP contribution is 2.29. The minimum atomic E-state index is 0.117. The van der Waals surface area contributed by atoms with E-state index in [9.17, 15) is 0 Å². The summed E-state index contributed by atoms with van der Waals surface area (Å²) in [6.07, 6.45) is 2.10. The molecular formula is C16H27NO3. The Bertz CT molecular complexity index is 382. The van der Waals surface area contributed by atoms with Gasteiger partial charge in [0.2, 0.25) is 0 Å². The van der Waals surface area contributed by atoms with Crippen molar-refractivity contribution >= 4 is 0 Å². The Morgan fingerprint density at radius 1 is 1.10 bits per heavy atom. The van der Waals surface area contributed by atoms with Gasteiger partial charge >= 0.3 is 0 Å². The maximum atomic E-state index is 5.71. The van der Waals surface area contributed by atoms with Gasteiger partial charge in [-0.1, -0.05) is 13.8 Å². The molecular weight excluding hydrogens is 254 g/mol. The Kier molecular flexibility index (Phi) is 8.07. The van der Waals surface area contributed by atoms with E-state index in [1.165, 1.54) is 0 Å². The molecule has 4 nitrogen and oxygen atoms in total. The van der Waals surface area contributed by atoms with Gasteiger partial charge in [-0.15, -0.1) is 0 Å². The van der Waals surface area contributed by atoms with E-state index in [1.54, 1.807) is 14.2 Å². The van der Waals surface area contributed by atoms with Crippen LogP contribution in [0.15, 0.2) is 18.2 Å². The third-order valence-corrected chi connectivity index (χ3v) is 3.09. The Hall–Kier alpha value is -1.26. The van der Waals surface area contributed by atoms with E-state index in [4.69, 9.17) is 14.2 Å². The average Bonchev–Trinajstić information content (AvgIpc) is 2.50. The lowest BCUT2D eigenvalue weighted by Crippen LogP contribution is -2.27. The number of hydrogen-bond acceptors (Lipinski definition) is 4. The van der Waals surface area contributed by atoms with Gasteiger partial charge in [0, 0.05) is 12.2 Å². The standard InChI is InChI=1S/C16H27NO3/c1-5-9-17-15(12-20-10-6-2)14-11-13(18-3)7-8-16(14)19-4/h7-8,11,15,17H,5-6,9-10,12H2,1-4H3. The molecule has 20 heavy (non-hydrogen) atoms. The molecule has 1 unspecified atom stereocenters. The van der Waals surface area contributed by atoms with Crippen LogP contribution >= 0.6 is 0 Å². The Labute approximate surface area is 122 Å². The van der Waals surface area contributed by atoms with E-state index in [2.05, 4.69) is 19.2 Å². The summed E-state index contributed by atoms with van der Waals surface area (Å²) in [6.45, 7) is 6.62. The molecule has 0 saturated carbocycles. The molecule has 1 rings (SSSR count). The summed E-state index contributed by atoms with van der Waals surface area (Å²) in [6, 6.07) is 5.98. The van der Waals surface area contributed by atoms with Gasteiger partial charge in [-0.2, -0.15) is 0 Å². The van der Waals surface area contributed by atoms with E-state index < -0.39 is 0 Å². The molecule has 0 aliphatic heterocycles. The van der Waals surface area contributed by atoms with E-state index in [0.717, 1.165) is 43.1 Å². The van der Waals surface area contributed by atoms with E-state index in [1.807, 2.05) is 18.2 Å². The van der Waals surface area contributed by atoms with Crippen molar-refractivity contribution in [3.63, 3.8) is 0 Å². The van der Waals surface area contributed by atoms with Crippen molar-refractivity contribution in [2.24, 2.45) is 0 Å². The lowest BCUT2D eigenvalue weighted by Gasteiger charge is -2.22. The second-order valence-corrected chi connectivity index (χ2v) is 4.69. The summed E-state index contributed by atoms with van der Waals surface area (Å²) in [4.78, 5) is 0. The van der Waals surface area contributed by atoms with Crippen molar-refractivity contribution in [2.75, 3.05) is 34.0 Å². The fraction of sp³-hybridized carbons (Fsp3) is 0.625. The topological polar surface area (TPSA) is 39.7 Å². The first-order chi connectivity index (χ1) is 9.76. The van der Waals surface area contributed by atoms with Gasteiger partial charge in [0.25, 0.3) is 0 Å². The fourth-order valence-electron chi connectivity index (χ4n) is 2.03. The van der Waals surface area contributed by atoms with Crippen LogP contribution < -0.4 is 14.8 Å². The zero-order valence-corrected chi connectivity index (χ0v) is 13.1. The van der Waals surface area contributed by atoms with Gasteiger partial charge in [-0.25, -0.2) is 0 Å². The van der Waals surface area contributed by atoms with Gasteiger partial charge in [-0.3, -0.25) is 0 Å². The quantitative estimate of drug-likeness (QED) is 0.669. The molecule has 0 bridgehead atoms. The number of benzene rings is 1. The molecule has 0 radical (unpaired) electrons. The van der Waals surface area contributed by atoms with E-state index in [0.29, 0.717) is 6.61 Å². The number of methoxy groups -OCH3 is 2. The van der Waals surface area contributed by atoms with Crippen molar-refractivity contribution in [3.8, 4) is 11.5 Å². The molecule has 0 heterocycles. The lowest BCUT2D eigenvalue weighted by molar-refractivity contribution is 0.111. The van der Waals surface area contributed by atoms with Crippen LogP contribution in [0.2, 0.25) is 0 Å². The first-order valence-electron chi connectivity index (χ1n) is 7.29. The Balaban J connectivity index is 2.90. The van der Waals surface area contributed by atoms with Gasteiger partial charge in [0.15, 0.2) is 0 Å². The molecule has 0 aliphatic rings. The predicted molar refractivity (Wildman–Crippen MR) is 81.7 cm³/mol. The summed E-state index contributed by atoms with van der Waals surface area (Å²) in [5, 5.41) is 3.51. The summed E-state index contributed by atoms with van der Waals surface area (Å²) in [5.41, 5.74) is 1.08. The lowest BCUT2D eigenvalue weighted by atomic mass is 10.1. The molecule has 0 aromatic heterocycles. The molecule has 1 aromatic carbocycles. The van der Waals surface area contributed by atoms with Crippen molar-refractivity contribution in [3.05, 3.63) is 23.8 Å². The number of ether oxygens (including phenoxy) is 3. The first kappa shape index (κ1) is 16.8. The highest BCUT2D eigenvalue weighted by atomic mass is 16.5. The summed E-state index contributed by atoms with van der Waals surface area (Å²) in [7, 11) is 3.36. The minimum absolute atomic E-state index is 0.117. The third-order valence-electron chi connectivity index (χ3n) is 3.09.